The standard InChI is InChI=1S/C31H34N6O3S/c38-31(26-8-4-7-24(19-26)21-36-15-17-41(39,40)18-16-36)32-28-11-9-25(10-12-28)29-33-30(35-34-29)27-13-14-37(22-27)20-23-5-2-1-3-6-23/h1-12,19,27H,13-18,20-22H2,(H,32,38)(H,33,34,35). The summed E-state index contributed by atoms with van der Waals surface area (Å²) in [5.74, 6) is 2.08. The van der Waals surface area contributed by atoms with Crippen LogP contribution < -0.4 is 5.32 Å². The number of nitrogens with zero attached hydrogens (tertiary/aromatic N) is 4. The van der Waals surface area contributed by atoms with Crippen molar-refractivity contribution >= 4 is 21.4 Å². The third-order valence-corrected chi connectivity index (χ3v) is 9.45. The first-order valence-electron chi connectivity index (χ1n) is 14.0. The van der Waals surface area contributed by atoms with Crippen molar-refractivity contribution in [2.45, 2.75) is 25.4 Å². The summed E-state index contributed by atoms with van der Waals surface area (Å²) in [6.07, 6.45) is 1.05. The molecule has 3 heterocycles. The number of hydrogen-bond acceptors (Lipinski definition) is 7. The molecule has 2 fully saturated rings. The number of sulfone groups is 1. The van der Waals surface area contributed by atoms with E-state index >= 15 is 0 Å². The van der Waals surface area contributed by atoms with Gasteiger partial charge in [-0.15, -0.1) is 0 Å². The minimum atomic E-state index is -2.92. The Hall–Kier alpha value is -3.86. The topological polar surface area (TPSA) is 111 Å². The van der Waals surface area contributed by atoms with E-state index in [1.54, 1.807) is 6.07 Å². The Bertz CT molecular complexity index is 1590. The highest BCUT2D eigenvalue weighted by molar-refractivity contribution is 7.91. The van der Waals surface area contributed by atoms with Crippen molar-refractivity contribution < 1.29 is 13.2 Å². The molecule has 2 N–H and O–H groups in total. The molecule has 41 heavy (non-hydrogen) atoms. The van der Waals surface area contributed by atoms with Gasteiger partial charge in [0.2, 0.25) is 0 Å². The summed E-state index contributed by atoms with van der Waals surface area (Å²) in [5.41, 5.74) is 4.44. The molecular weight excluding hydrogens is 536 g/mol. The van der Waals surface area contributed by atoms with Crippen molar-refractivity contribution in [2.75, 3.05) is 43.0 Å². The summed E-state index contributed by atoms with van der Waals surface area (Å²) in [5, 5.41) is 10.6. The van der Waals surface area contributed by atoms with Gasteiger partial charge in [-0.1, -0.05) is 42.5 Å². The van der Waals surface area contributed by atoms with Crippen molar-refractivity contribution in [2.24, 2.45) is 0 Å². The molecule has 0 saturated carbocycles. The van der Waals surface area contributed by atoms with Crippen LogP contribution in [0.1, 0.15) is 39.6 Å². The van der Waals surface area contributed by atoms with E-state index in [-0.39, 0.29) is 17.4 Å². The Morgan fingerprint density at radius 2 is 1.61 bits per heavy atom. The van der Waals surface area contributed by atoms with E-state index in [2.05, 4.69) is 49.6 Å². The maximum absolute atomic E-state index is 13.0. The fourth-order valence-electron chi connectivity index (χ4n) is 5.51. The quantitative estimate of drug-likeness (QED) is 0.330. The van der Waals surface area contributed by atoms with Gasteiger partial charge >= 0.3 is 0 Å². The second-order valence-corrected chi connectivity index (χ2v) is 13.2. The predicted octanol–water partition coefficient (Wildman–Crippen LogP) is 3.94. The number of benzene rings is 3. The molecule has 0 aliphatic carbocycles. The molecule has 9 nitrogen and oxygen atoms in total. The van der Waals surface area contributed by atoms with Gasteiger partial charge in [0.05, 0.1) is 11.5 Å². The lowest BCUT2D eigenvalue weighted by Gasteiger charge is -2.26. The maximum atomic E-state index is 13.0. The SMILES string of the molecule is O=C(Nc1ccc(-c2n[nH]c(C3CCN(Cc4ccccc4)C3)n2)cc1)c1cccc(CN2CCS(=O)(=O)CC2)c1. The zero-order valence-electron chi connectivity index (χ0n) is 22.9. The van der Waals surface area contributed by atoms with Crippen molar-refractivity contribution in [1.29, 1.82) is 0 Å². The molecule has 0 bridgehead atoms. The number of likely N-dealkylation sites (tertiary alicyclic amines) is 1. The Balaban J connectivity index is 1.03. The highest BCUT2D eigenvalue weighted by Crippen LogP contribution is 2.28. The van der Waals surface area contributed by atoms with E-state index in [0.717, 1.165) is 43.0 Å². The van der Waals surface area contributed by atoms with Crippen LogP contribution in [0.15, 0.2) is 78.9 Å². The van der Waals surface area contributed by atoms with Gasteiger partial charge in [0.1, 0.15) is 5.82 Å². The van der Waals surface area contributed by atoms with E-state index in [1.807, 2.05) is 48.5 Å². The smallest absolute Gasteiger partial charge is 0.255 e. The Morgan fingerprint density at radius 3 is 2.39 bits per heavy atom. The van der Waals surface area contributed by atoms with Crippen LogP contribution >= 0.6 is 0 Å². The zero-order chi connectivity index (χ0) is 28.2. The lowest BCUT2D eigenvalue weighted by atomic mass is 10.1. The molecule has 1 atom stereocenters. The average Bonchev–Trinajstić information content (AvgIpc) is 3.66. The lowest BCUT2D eigenvalue weighted by Crippen LogP contribution is -2.39. The third-order valence-electron chi connectivity index (χ3n) is 7.84. The number of anilines is 1. The van der Waals surface area contributed by atoms with Crippen LogP contribution in [-0.4, -0.2) is 77.0 Å². The maximum Gasteiger partial charge on any atom is 0.255 e. The molecule has 3 aromatic carbocycles. The summed E-state index contributed by atoms with van der Waals surface area (Å²) in [6, 6.07) is 25.6. The Kier molecular flexibility index (Phi) is 7.95. The molecule has 0 radical (unpaired) electrons. The number of carbonyl (C=O) groups excluding carboxylic acids is 1. The molecule has 2 aliphatic heterocycles. The van der Waals surface area contributed by atoms with E-state index < -0.39 is 9.84 Å². The number of carbonyl (C=O) groups is 1. The molecule has 1 unspecified atom stereocenters. The molecule has 2 saturated heterocycles. The minimum Gasteiger partial charge on any atom is -0.322 e. The highest BCUT2D eigenvalue weighted by Gasteiger charge is 2.27. The summed E-state index contributed by atoms with van der Waals surface area (Å²) < 4.78 is 23.4. The average molecular weight is 571 g/mol. The van der Waals surface area contributed by atoms with E-state index in [4.69, 9.17) is 4.98 Å². The fourth-order valence-corrected chi connectivity index (χ4v) is 6.79. The van der Waals surface area contributed by atoms with Crippen LogP contribution in [0.5, 0.6) is 0 Å². The Morgan fingerprint density at radius 1 is 0.878 bits per heavy atom. The van der Waals surface area contributed by atoms with E-state index in [9.17, 15) is 13.2 Å². The molecule has 10 heteroatoms. The number of aromatic amines is 1. The molecule has 0 spiro atoms. The summed E-state index contributed by atoms with van der Waals surface area (Å²) in [4.78, 5) is 22.3. The van der Waals surface area contributed by atoms with Crippen LogP contribution in [-0.2, 0) is 22.9 Å². The molecule has 4 aromatic rings. The van der Waals surface area contributed by atoms with E-state index in [1.165, 1.54) is 5.56 Å². The number of H-pyrrole nitrogens is 1. The second-order valence-electron chi connectivity index (χ2n) is 10.9. The zero-order valence-corrected chi connectivity index (χ0v) is 23.7. The predicted molar refractivity (Wildman–Crippen MR) is 159 cm³/mol. The van der Waals surface area contributed by atoms with Gasteiger partial charge in [-0.05, 0) is 60.5 Å². The summed E-state index contributed by atoms with van der Waals surface area (Å²) >= 11 is 0. The first-order valence-corrected chi connectivity index (χ1v) is 15.8. The molecule has 6 rings (SSSR count). The van der Waals surface area contributed by atoms with Crippen molar-refractivity contribution in [3.63, 3.8) is 0 Å². The number of nitrogens with one attached hydrogen (secondary N) is 2. The van der Waals surface area contributed by atoms with Crippen molar-refractivity contribution in [3.8, 4) is 11.4 Å². The lowest BCUT2D eigenvalue weighted by molar-refractivity contribution is 0.102. The largest absolute Gasteiger partial charge is 0.322 e. The summed E-state index contributed by atoms with van der Waals surface area (Å²) in [6.45, 7) is 4.59. The number of hydrogen-bond donors (Lipinski definition) is 2. The van der Waals surface area contributed by atoms with Crippen LogP contribution in [0.25, 0.3) is 11.4 Å². The van der Waals surface area contributed by atoms with Crippen LogP contribution in [0.3, 0.4) is 0 Å². The van der Waals surface area contributed by atoms with Gasteiger partial charge in [0.25, 0.3) is 5.91 Å². The van der Waals surface area contributed by atoms with Gasteiger partial charge in [-0.2, -0.15) is 5.10 Å². The molecule has 1 amide bonds. The monoisotopic (exact) mass is 570 g/mol. The third kappa shape index (κ3) is 6.90. The molecule has 2 aliphatic rings. The number of amides is 1. The van der Waals surface area contributed by atoms with Gasteiger partial charge in [0.15, 0.2) is 15.7 Å². The van der Waals surface area contributed by atoms with Gasteiger partial charge < -0.3 is 5.32 Å². The van der Waals surface area contributed by atoms with Crippen LogP contribution in [0.4, 0.5) is 5.69 Å². The van der Waals surface area contributed by atoms with Crippen molar-refractivity contribution in [1.82, 2.24) is 25.0 Å². The van der Waals surface area contributed by atoms with Crippen LogP contribution in [0.2, 0.25) is 0 Å². The van der Waals surface area contributed by atoms with E-state index in [0.29, 0.717) is 42.6 Å². The minimum absolute atomic E-state index is 0.187. The first kappa shape index (κ1) is 27.3. The van der Waals surface area contributed by atoms with Gasteiger partial charge in [-0.25, -0.2) is 13.4 Å². The molecular formula is C31H34N6O3S. The second kappa shape index (κ2) is 11.9. The first-order chi connectivity index (χ1) is 19.9. The molecule has 1 aromatic heterocycles. The highest BCUT2D eigenvalue weighted by atomic mass is 32.2. The van der Waals surface area contributed by atoms with Gasteiger partial charge in [0, 0.05) is 55.5 Å². The normalized spacial score (nSPS) is 19.3. The fraction of sp³-hybridized carbons (Fsp3) is 0.323. The molecule has 212 valence electrons. The number of rotatable bonds is 8. The van der Waals surface area contributed by atoms with Crippen molar-refractivity contribution in [3.05, 3.63) is 101 Å². The Labute approximate surface area is 240 Å². The summed E-state index contributed by atoms with van der Waals surface area (Å²) in [7, 11) is -2.92. The van der Waals surface area contributed by atoms with Crippen LogP contribution in [0, 0.1) is 0 Å². The van der Waals surface area contributed by atoms with Gasteiger partial charge in [-0.3, -0.25) is 19.7 Å². The number of aromatic nitrogens is 3.